The van der Waals surface area contributed by atoms with Gasteiger partial charge in [-0.1, -0.05) is 32.6 Å². The fourth-order valence-corrected chi connectivity index (χ4v) is 4.42. The Bertz CT molecular complexity index is 277. The van der Waals surface area contributed by atoms with Gasteiger partial charge >= 0.3 is 0 Å². The first-order valence-corrected chi connectivity index (χ1v) is 9.54. The molecule has 2 saturated heterocycles. The first kappa shape index (κ1) is 16.7. The highest BCUT2D eigenvalue weighted by molar-refractivity contribution is 4.78. The van der Waals surface area contributed by atoms with Crippen molar-refractivity contribution in [2.45, 2.75) is 77.6 Å². The number of rotatable bonds is 4. The van der Waals surface area contributed by atoms with E-state index in [0.29, 0.717) is 12.0 Å². The quantitative estimate of drug-likeness (QED) is 0.770. The van der Waals surface area contributed by atoms with E-state index in [1.54, 1.807) is 0 Å². The van der Waals surface area contributed by atoms with Gasteiger partial charge in [-0.15, -0.1) is 0 Å². The molecule has 0 amide bonds. The van der Waals surface area contributed by atoms with Gasteiger partial charge in [-0.2, -0.15) is 0 Å². The van der Waals surface area contributed by atoms with Crippen molar-refractivity contribution in [3.05, 3.63) is 0 Å². The van der Waals surface area contributed by atoms with Crippen LogP contribution in [-0.4, -0.2) is 32.2 Å². The molecule has 2 heterocycles. The Balaban J connectivity index is 1.32. The second-order valence-electron chi connectivity index (χ2n) is 8.10. The molecule has 3 aliphatic rings. The Labute approximate surface area is 136 Å². The summed E-state index contributed by atoms with van der Waals surface area (Å²) in [6.45, 7) is 7.05. The Morgan fingerprint density at radius 2 is 1.27 bits per heavy atom. The lowest BCUT2D eigenvalue weighted by molar-refractivity contribution is -0.196. The lowest BCUT2D eigenvalue weighted by Gasteiger charge is -2.35. The van der Waals surface area contributed by atoms with Crippen molar-refractivity contribution < 1.29 is 14.2 Å². The Morgan fingerprint density at radius 1 is 0.636 bits per heavy atom. The van der Waals surface area contributed by atoms with Gasteiger partial charge in [-0.05, 0) is 50.4 Å². The minimum Gasteiger partial charge on any atom is -0.378 e. The summed E-state index contributed by atoms with van der Waals surface area (Å²) in [5, 5.41) is 0. The minimum atomic E-state index is -0.0221. The van der Waals surface area contributed by atoms with Crippen LogP contribution in [0, 0.1) is 23.7 Å². The predicted molar refractivity (Wildman–Crippen MR) is 87.7 cm³/mol. The minimum absolute atomic E-state index is 0.0221. The molecule has 0 aromatic heterocycles. The molecule has 2 aliphatic heterocycles. The molecule has 0 spiro atoms. The van der Waals surface area contributed by atoms with Crippen LogP contribution in [0.1, 0.15) is 65.2 Å². The highest BCUT2D eigenvalue weighted by atomic mass is 16.7. The molecule has 0 aromatic carbocycles. The van der Waals surface area contributed by atoms with E-state index in [0.717, 1.165) is 44.0 Å². The SMILES string of the molecule is CC1CCC(CC2CCC(CC3COC(C)OC3)OC2)CC1. The molecule has 22 heavy (non-hydrogen) atoms. The molecule has 1 aliphatic carbocycles. The van der Waals surface area contributed by atoms with Crippen molar-refractivity contribution in [3.8, 4) is 0 Å². The molecule has 2 atom stereocenters. The molecule has 3 nitrogen and oxygen atoms in total. The van der Waals surface area contributed by atoms with Crippen LogP contribution in [-0.2, 0) is 14.2 Å². The lowest BCUT2D eigenvalue weighted by Crippen LogP contribution is -2.35. The molecule has 1 saturated carbocycles. The number of ether oxygens (including phenoxy) is 3. The van der Waals surface area contributed by atoms with E-state index in [4.69, 9.17) is 14.2 Å². The van der Waals surface area contributed by atoms with Gasteiger partial charge in [0.2, 0.25) is 0 Å². The van der Waals surface area contributed by atoms with Crippen molar-refractivity contribution in [3.63, 3.8) is 0 Å². The van der Waals surface area contributed by atoms with Crippen LogP contribution in [0.25, 0.3) is 0 Å². The van der Waals surface area contributed by atoms with Crippen molar-refractivity contribution >= 4 is 0 Å². The van der Waals surface area contributed by atoms with Gasteiger partial charge in [0.1, 0.15) is 0 Å². The summed E-state index contributed by atoms with van der Waals surface area (Å²) >= 11 is 0. The Kier molecular flexibility index (Phi) is 6.17. The predicted octanol–water partition coefficient (Wildman–Crippen LogP) is 4.40. The van der Waals surface area contributed by atoms with Gasteiger partial charge < -0.3 is 14.2 Å². The van der Waals surface area contributed by atoms with Gasteiger partial charge in [0.05, 0.1) is 19.3 Å². The molecule has 0 aromatic rings. The summed E-state index contributed by atoms with van der Waals surface area (Å²) in [4.78, 5) is 0. The second kappa shape index (κ2) is 8.12. The molecule has 0 N–H and O–H groups in total. The average Bonchev–Trinajstić information content (AvgIpc) is 2.54. The van der Waals surface area contributed by atoms with E-state index in [1.165, 1.54) is 44.9 Å². The average molecular weight is 310 g/mol. The standard InChI is InChI=1S/C19H34O3/c1-14-3-5-16(6-4-14)9-17-7-8-19(22-11-17)10-18-12-20-15(2)21-13-18/h14-19H,3-13H2,1-2H3. The summed E-state index contributed by atoms with van der Waals surface area (Å²) in [5.41, 5.74) is 0. The van der Waals surface area contributed by atoms with Crippen LogP contribution >= 0.6 is 0 Å². The van der Waals surface area contributed by atoms with E-state index in [1.807, 2.05) is 6.92 Å². The maximum atomic E-state index is 6.17. The van der Waals surface area contributed by atoms with Gasteiger partial charge in [0.25, 0.3) is 0 Å². The maximum absolute atomic E-state index is 6.17. The van der Waals surface area contributed by atoms with Crippen LogP contribution in [0.5, 0.6) is 0 Å². The molecule has 128 valence electrons. The van der Waals surface area contributed by atoms with Gasteiger partial charge in [-0.3, -0.25) is 0 Å². The maximum Gasteiger partial charge on any atom is 0.154 e. The van der Waals surface area contributed by atoms with E-state index in [-0.39, 0.29) is 6.29 Å². The summed E-state index contributed by atoms with van der Waals surface area (Å²) < 4.78 is 17.3. The van der Waals surface area contributed by atoms with Crippen LogP contribution in [0.4, 0.5) is 0 Å². The highest BCUT2D eigenvalue weighted by Gasteiger charge is 2.29. The third-order valence-corrected chi connectivity index (χ3v) is 6.00. The summed E-state index contributed by atoms with van der Waals surface area (Å²) in [7, 11) is 0. The zero-order valence-electron chi connectivity index (χ0n) is 14.5. The summed E-state index contributed by atoms with van der Waals surface area (Å²) in [6, 6.07) is 0. The summed E-state index contributed by atoms with van der Waals surface area (Å²) in [5.74, 6) is 3.28. The zero-order chi connectivity index (χ0) is 15.4. The molecular formula is C19H34O3. The van der Waals surface area contributed by atoms with Crippen molar-refractivity contribution in [1.82, 2.24) is 0 Å². The topological polar surface area (TPSA) is 27.7 Å². The fourth-order valence-electron chi connectivity index (χ4n) is 4.42. The van der Waals surface area contributed by atoms with Crippen molar-refractivity contribution in [1.29, 1.82) is 0 Å². The van der Waals surface area contributed by atoms with Crippen LogP contribution < -0.4 is 0 Å². The summed E-state index contributed by atoms with van der Waals surface area (Å²) in [6.07, 6.45) is 11.3. The first-order chi connectivity index (χ1) is 10.7. The van der Waals surface area contributed by atoms with Gasteiger partial charge in [0.15, 0.2) is 6.29 Å². The molecule has 0 radical (unpaired) electrons. The number of hydrogen-bond acceptors (Lipinski definition) is 3. The van der Waals surface area contributed by atoms with Crippen molar-refractivity contribution in [2.24, 2.45) is 23.7 Å². The van der Waals surface area contributed by atoms with Gasteiger partial charge in [-0.25, -0.2) is 0 Å². The Morgan fingerprint density at radius 3 is 1.91 bits per heavy atom. The molecule has 0 bridgehead atoms. The fraction of sp³-hybridized carbons (Fsp3) is 1.00. The third kappa shape index (κ3) is 4.94. The number of hydrogen-bond donors (Lipinski definition) is 0. The lowest BCUT2D eigenvalue weighted by atomic mass is 9.77. The smallest absolute Gasteiger partial charge is 0.154 e. The van der Waals surface area contributed by atoms with Crippen LogP contribution in [0.15, 0.2) is 0 Å². The van der Waals surface area contributed by atoms with E-state index in [9.17, 15) is 0 Å². The highest BCUT2D eigenvalue weighted by Crippen LogP contribution is 2.35. The Hall–Kier alpha value is -0.120. The molecular weight excluding hydrogens is 276 g/mol. The molecule has 3 rings (SSSR count). The second-order valence-corrected chi connectivity index (χ2v) is 8.10. The van der Waals surface area contributed by atoms with Gasteiger partial charge in [0, 0.05) is 12.5 Å². The van der Waals surface area contributed by atoms with Crippen LogP contribution in [0.2, 0.25) is 0 Å². The van der Waals surface area contributed by atoms with E-state index in [2.05, 4.69) is 6.92 Å². The monoisotopic (exact) mass is 310 g/mol. The largest absolute Gasteiger partial charge is 0.378 e. The van der Waals surface area contributed by atoms with Crippen LogP contribution in [0.3, 0.4) is 0 Å². The third-order valence-electron chi connectivity index (χ3n) is 6.00. The van der Waals surface area contributed by atoms with E-state index >= 15 is 0 Å². The zero-order valence-corrected chi connectivity index (χ0v) is 14.5. The molecule has 2 unspecified atom stereocenters. The molecule has 3 fully saturated rings. The molecule has 3 heteroatoms. The van der Waals surface area contributed by atoms with Crippen molar-refractivity contribution in [2.75, 3.05) is 19.8 Å². The van der Waals surface area contributed by atoms with E-state index < -0.39 is 0 Å². The normalized spacial score (nSPS) is 43.9. The first-order valence-electron chi connectivity index (χ1n) is 9.54.